The third kappa shape index (κ3) is 3.18. The maximum atomic E-state index is 12.7. The van der Waals surface area contributed by atoms with Gasteiger partial charge in [-0.05, 0) is 31.4 Å². The van der Waals surface area contributed by atoms with Crippen LogP contribution in [0.2, 0.25) is 0 Å². The Morgan fingerprint density at radius 2 is 2.05 bits per heavy atom. The highest BCUT2D eigenvalue weighted by molar-refractivity contribution is 5.91. The maximum Gasteiger partial charge on any atom is 0.322 e. The summed E-state index contributed by atoms with van der Waals surface area (Å²) in [5, 5.41) is 2.94. The molecule has 22 heavy (non-hydrogen) atoms. The fourth-order valence-electron chi connectivity index (χ4n) is 3.03. The molecule has 2 heterocycles. The molecule has 2 amide bonds. The van der Waals surface area contributed by atoms with Crippen LogP contribution in [0.1, 0.15) is 19.3 Å². The van der Waals surface area contributed by atoms with Gasteiger partial charge in [0.2, 0.25) is 0 Å². The molecule has 0 saturated carbocycles. The molecule has 6 nitrogen and oxygen atoms in total. The number of carbonyl (C=O) groups excluding carboxylic acids is 1. The summed E-state index contributed by atoms with van der Waals surface area (Å²) in [6, 6.07) is 7.25. The van der Waals surface area contributed by atoms with E-state index in [0.717, 1.165) is 25.8 Å². The first kappa shape index (κ1) is 15.1. The van der Waals surface area contributed by atoms with E-state index >= 15 is 0 Å². The van der Waals surface area contributed by atoms with Crippen LogP contribution in [0.3, 0.4) is 0 Å². The number of para-hydroxylation sites is 2. The van der Waals surface area contributed by atoms with Gasteiger partial charge >= 0.3 is 6.03 Å². The number of methoxy groups -OCH3 is 1. The van der Waals surface area contributed by atoms with Gasteiger partial charge in [0.15, 0.2) is 6.29 Å². The van der Waals surface area contributed by atoms with E-state index in [4.69, 9.17) is 14.2 Å². The summed E-state index contributed by atoms with van der Waals surface area (Å²) in [6.07, 6.45) is 2.70. The average molecular weight is 306 g/mol. The molecule has 0 aliphatic carbocycles. The molecule has 1 N–H and O–H groups in total. The van der Waals surface area contributed by atoms with Crippen LogP contribution in [-0.2, 0) is 9.47 Å². The molecular weight excluding hydrogens is 284 g/mol. The summed E-state index contributed by atoms with van der Waals surface area (Å²) >= 11 is 0. The Hall–Kier alpha value is -1.79. The zero-order chi connectivity index (χ0) is 15.4. The van der Waals surface area contributed by atoms with Crippen molar-refractivity contribution in [3.8, 4) is 5.75 Å². The number of amides is 2. The number of benzene rings is 1. The number of ether oxygens (including phenoxy) is 3. The molecule has 0 radical (unpaired) electrons. The van der Waals surface area contributed by atoms with E-state index in [-0.39, 0.29) is 18.4 Å². The van der Waals surface area contributed by atoms with Crippen molar-refractivity contribution in [3.05, 3.63) is 24.3 Å². The second-order valence-corrected chi connectivity index (χ2v) is 5.50. The van der Waals surface area contributed by atoms with Gasteiger partial charge in [0, 0.05) is 6.54 Å². The van der Waals surface area contributed by atoms with Gasteiger partial charge in [0.05, 0.1) is 32.1 Å². The largest absolute Gasteiger partial charge is 0.495 e. The Bertz CT molecular complexity index is 517. The average Bonchev–Trinajstić information content (AvgIpc) is 3.09. The van der Waals surface area contributed by atoms with Crippen molar-refractivity contribution >= 4 is 11.7 Å². The molecule has 1 atom stereocenters. The van der Waals surface area contributed by atoms with Crippen LogP contribution in [0.5, 0.6) is 5.75 Å². The lowest BCUT2D eigenvalue weighted by molar-refractivity contribution is -0.0973. The Morgan fingerprint density at radius 1 is 1.27 bits per heavy atom. The number of carbonyl (C=O) groups is 1. The molecule has 2 aliphatic heterocycles. The second kappa shape index (κ2) is 6.98. The minimum absolute atomic E-state index is 0.0223. The molecule has 1 aromatic carbocycles. The van der Waals surface area contributed by atoms with Gasteiger partial charge in [-0.2, -0.15) is 0 Å². The second-order valence-electron chi connectivity index (χ2n) is 5.50. The third-order valence-electron chi connectivity index (χ3n) is 4.12. The van der Waals surface area contributed by atoms with Crippen molar-refractivity contribution in [2.75, 3.05) is 32.2 Å². The van der Waals surface area contributed by atoms with E-state index in [9.17, 15) is 4.79 Å². The van der Waals surface area contributed by atoms with Gasteiger partial charge in [-0.15, -0.1) is 0 Å². The zero-order valence-corrected chi connectivity index (χ0v) is 12.8. The molecule has 2 aliphatic rings. The number of nitrogens with one attached hydrogen (secondary N) is 1. The summed E-state index contributed by atoms with van der Waals surface area (Å²) in [4.78, 5) is 14.5. The van der Waals surface area contributed by atoms with E-state index in [1.165, 1.54) is 0 Å². The number of nitrogens with zero attached hydrogens (tertiary/aromatic N) is 1. The van der Waals surface area contributed by atoms with Gasteiger partial charge in [-0.1, -0.05) is 12.1 Å². The van der Waals surface area contributed by atoms with Gasteiger partial charge in [-0.25, -0.2) is 4.79 Å². The fraction of sp³-hybridized carbons (Fsp3) is 0.562. The fourth-order valence-corrected chi connectivity index (χ4v) is 3.03. The predicted octanol–water partition coefficient (Wildman–Crippen LogP) is 2.45. The van der Waals surface area contributed by atoms with E-state index in [2.05, 4.69) is 5.32 Å². The molecule has 1 aromatic rings. The molecule has 0 spiro atoms. The van der Waals surface area contributed by atoms with E-state index in [0.29, 0.717) is 24.7 Å². The number of hydrogen-bond acceptors (Lipinski definition) is 4. The summed E-state index contributed by atoms with van der Waals surface area (Å²) in [5.41, 5.74) is 0.674. The molecular formula is C16H22N2O4. The van der Waals surface area contributed by atoms with Crippen LogP contribution in [0.25, 0.3) is 0 Å². The number of anilines is 1. The number of hydrogen-bond donors (Lipinski definition) is 1. The molecule has 2 saturated heterocycles. The lowest BCUT2D eigenvalue weighted by Crippen LogP contribution is -2.51. The van der Waals surface area contributed by atoms with Crippen molar-refractivity contribution in [2.45, 2.75) is 31.6 Å². The molecule has 0 bridgehead atoms. The Kier molecular flexibility index (Phi) is 4.80. The predicted molar refractivity (Wildman–Crippen MR) is 82.0 cm³/mol. The van der Waals surface area contributed by atoms with Crippen LogP contribution in [0.15, 0.2) is 24.3 Å². The first-order valence-electron chi connectivity index (χ1n) is 7.73. The molecule has 6 heteroatoms. The number of likely N-dealkylation sites (tertiary alicyclic amines) is 1. The normalized spacial score (nSPS) is 22.6. The first-order valence-corrected chi connectivity index (χ1v) is 7.73. The number of piperidine rings is 1. The quantitative estimate of drug-likeness (QED) is 0.932. The van der Waals surface area contributed by atoms with Gasteiger partial charge < -0.3 is 24.4 Å². The van der Waals surface area contributed by atoms with Crippen molar-refractivity contribution < 1.29 is 19.0 Å². The van der Waals surface area contributed by atoms with Crippen LogP contribution in [0.4, 0.5) is 10.5 Å². The lowest BCUT2D eigenvalue weighted by Gasteiger charge is -2.37. The van der Waals surface area contributed by atoms with E-state index < -0.39 is 0 Å². The monoisotopic (exact) mass is 306 g/mol. The summed E-state index contributed by atoms with van der Waals surface area (Å²) in [6.45, 7) is 1.92. The zero-order valence-electron chi connectivity index (χ0n) is 12.8. The van der Waals surface area contributed by atoms with Crippen LogP contribution in [-0.4, -0.2) is 50.1 Å². The molecule has 0 aromatic heterocycles. The van der Waals surface area contributed by atoms with Crippen molar-refractivity contribution in [2.24, 2.45) is 0 Å². The molecule has 0 unspecified atom stereocenters. The lowest BCUT2D eigenvalue weighted by atomic mass is 10.0. The first-order chi connectivity index (χ1) is 10.8. The summed E-state index contributed by atoms with van der Waals surface area (Å²) in [7, 11) is 1.59. The van der Waals surface area contributed by atoms with Gasteiger partial charge in [0.1, 0.15) is 5.75 Å². The standard InChI is InChI=1S/C16H22N2O4/c1-20-14-8-3-2-6-12(14)17-16(19)18-9-5-4-7-13(18)15-21-10-11-22-15/h2-3,6,8,13,15H,4-5,7,9-11H2,1H3,(H,17,19)/t13-/m1/s1. The smallest absolute Gasteiger partial charge is 0.322 e. The van der Waals surface area contributed by atoms with Crippen molar-refractivity contribution in [1.29, 1.82) is 0 Å². The molecule has 2 fully saturated rings. The van der Waals surface area contributed by atoms with E-state index in [1.54, 1.807) is 7.11 Å². The number of rotatable bonds is 3. The molecule has 3 rings (SSSR count). The maximum absolute atomic E-state index is 12.7. The van der Waals surface area contributed by atoms with Gasteiger partial charge in [-0.3, -0.25) is 0 Å². The Labute approximate surface area is 130 Å². The summed E-state index contributed by atoms with van der Waals surface area (Å²) in [5.74, 6) is 0.651. The Morgan fingerprint density at radius 3 is 2.82 bits per heavy atom. The van der Waals surface area contributed by atoms with E-state index in [1.807, 2.05) is 29.2 Å². The van der Waals surface area contributed by atoms with Crippen molar-refractivity contribution in [1.82, 2.24) is 4.90 Å². The Balaban J connectivity index is 1.71. The van der Waals surface area contributed by atoms with Crippen LogP contribution in [0, 0.1) is 0 Å². The van der Waals surface area contributed by atoms with Gasteiger partial charge in [0.25, 0.3) is 0 Å². The third-order valence-corrected chi connectivity index (χ3v) is 4.12. The SMILES string of the molecule is COc1ccccc1NC(=O)N1CCCC[C@@H]1C1OCCO1. The highest BCUT2D eigenvalue weighted by atomic mass is 16.7. The minimum atomic E-state index is -0.302. The van der Waals surface area contributed by atoms with Crippen LogP contribution < -0.4 is 10.1 Å². The summed E-state index contributed by atoms with van der Waals surface area (Å²) < 4.78 is 16.5. The highest BCUT2D eigenvalue weighted by Crippen LogP contribution is 2.27. The molecule has 120 valence electrons. The number of urea groups is 1. The van der Waals surface area contributed by atoms with Crippen LogP contribution >= 0.6 is 0 Å². The highest BCUT2D eigenvalue weighted by Gasteiger charge is 2.36. The topological polar surface area (TPSA) is 60.0 Å². The van der Waals surface area contributed by atoms with Crippen molar-refractivity contribution in [3.63, 3.8) is 0 Å². The minimum Gasteiger partial charge on any atom is -0.495 e.